The Bertz CT molecular complexity index is 1220. The van der Waals surface area contributed by atoms with E-state index < -0.39 is 18.0 Å². The molecule has 2 amide bonds. The summed E-state index contributed by atoms with van der Waals surface area (Å²) < 4.78 is 11.7. The van der Waals surface area contributed by atoms with Crippen LogP contribution < -0.4 is 20.2 Å². The lowest BCUT2D eigenvalue weighted by Crippen LogP contribution is -2.53. The molecule has 0 radical (unpaired) electrons. The average molecular weight is 559 g/mol. The maximum atomic E-state index is 13.5. The van der Waals surface area contributed by atoms with Crippen molar-refractivity contribution in [3.63, 3.8) is 0 Å². The molecule has 9 heteroatoms. The molecule has 0 fully saturated rings. The number of amides is 2. The van der Waals surface area contributed by atoms with E-state index in [1.54, 1.807) is 48.5 Å². The number of phenolic OH excluding ortho intramolecular Hbond substituents is 1. The zero-order valence-electron chi connectivity index (χ0n) is 18.0. The van der Waals surface area contributed by atoms with Crippen LogP contribution in [0, 0.1) is 3.57 Å². The van der Waals surface area contributed by atoms with E-state index in [0.717, 1.165) is 3.57 Å². The number of phenols is 1. The van der Waals surface area contributed by atoms with Crippen LogP contribution in [-0.2, 0) is 0 Å². The van der Waals surface area contributed by atoms with Gasteiger partial charge in [-0.15, -0.1) is 0 Å². The predicted octanol–water partition coefficient (Wildman–Crippen LogP) is 4.32. The van der Waals surface area contributed by atoms with Gasteiger partial charge in [-0.3, -0.25) is 15.0 Å². The summed E-state index contributed by atoms with van der Waals surface area (Å²) in [5.74, 6) is -0.0829. The monoisotopic (exact) mass is 559 g/mol. The molecule has 3 N–H and O–H groups in total. The fraction of sp³-hybridized carbons (Fsp3) is 0.167. The van der Waals surface area contributed by atoms with Gasteiger partial charge in [0.25, 0.3) is 11.8 Å². The highest BCUT2D eigenvalue weighted by Crippen LogP contribution is 2.37. The summed E-state index contributed by atoms with van der Waals surface area (Å²) in [6.07, 6.45) is -0.886. The number of hydrogen-bond acceptors (Lipinski definition) is 6. The minimum atomic E-state index is -0.886. The van der Waals surface area contributed by atoms with E-state index in [9.17, 15) is 14.7 Å². The number of aromatic hydroxyl groups is 1. The van der Waals surface area contributed by atoms with Crippen molar-refractivity contribution in [1.82, 2.24) is 10.4 Å². The molecule has 0 saturated heterocycles. The van der Waals surface area contributed by atoms with Crippen molar-refractivity contribution in [2.75, 3.05) is 19.0 Å². The van der Waals surface area contributed by atoms with E-state index in [1.807, 2.05) is 13.0 Å². The molecule has 0 bridgehead atoms. The Balaban J connectivity index is 1.77. The highest BCUT2D eigenvalue weighted by molar-refractivity contribution is 14.1. The molecule has 0 unspecified atom stereocenters. The second kappa shape index (κ2) is 9.57. The maximum absolute atomic E-state index is 13.5. The molecule has 1 aliphatic rings. The molecule has 0 spiro atoms. The maximum Gasteiger partial charge on any atom is 0.276 e. The number of halogens is 1. The van der Waals surface area contributed by atoms with Crippen molar-refractivity contribution < 1.29 is 24.2 Å². The van der Waals surface area contributed by atoms with Crippen LogP contribution >= 0.6 is 22.6 Å². The number of hydrogen-bond donors (Lipinski definition) is 3. The van der Waals surface area contributed by atoms with Gasteiger partial charge in [0.2, 0.25) is 0 Å². The second-order valence-electron chi connectivity index (χ2n) is 7.21. The molecule has 0 aromatic heterocycles. The molecule has 1 heterocycles. The number of carbonyl (C=O) groups excluding carboxylic acids is 2. The molecule has 170 valence electrons. The second-order valence-corrected chi connectivity index (χ2v) is 8.45. The number of fused-ring (bicyclic) bond motifs is 1. The predicted molar refractivity (Wildman–Crippen MR) is 131 cm³/mol. The normalized spacial score (nSPS) is 14.8. The number of para-hydroxylation sites is 1. The van der Waals surface area contributed by atoms with Crippen LogP contribution in [-0.4, -0.2) is 35.6 Å². The van der Waals surface area contributed by atoms with Crippen molar-refractivity contribution in [3.05, 3.63) is 80.9 Å². The Labute approximate surface area is 204 Å². The van der Waals surface area contributed by atoms with E-state index in [4.69, 9.17) is 9.47 Å². The fourth-order valence-corrected chi connectivity index (χ4v) is 4.09. The van der Waals surface area contributed by atoms with E-state index in [-0.39, 0.29) is 11.3 Å². The molecule has 0 saturated carbocycles. The molecule has 1 aliphatic heterocycles. The van der Waals surface area contributed by atoms with Crippen molar-refractivity contribution in [1.29, 1.82) is 0 Å². The van der Waals surface area contributed by atoms with Gasteiger partial charge < -0.3 is 19.9 Å². The third-order valence-corrected chi connectivity index (χ3v) is 5.84. The summed E-state index contributed by atoms with van der Waals surface area (Å²) in [6.45, 7) is 2.22. The van der Waals surface area contributed by atoms with Gasteiger partial charge in [0.15, 0.2) is 6.17 Å². The molecule has 4 rings (SSSR count). The fourth-order valence-electron chi connectivity index (χ4n) is 3.59. The number of carbonyl (C=O) groups is 2. The lowest BCUT2D eigenvalue weighted by molar-refractivity contribution is 0.0487. The van der Waals surface area contributed by atoms with Gasteiger partial charge in [0, 0.05) is 14.8 Å². The standard InChI is InChI=1S/C24H22IN3O5/c1-3-33-21-7-5-4-6-16(21)23(30)27-28-22(18-13-15(32-2)9-11-20(18)29)26-19-10-8-14(25)12-17(19)24(28)31/h4-13,22,26,29H,3H2,1-2H3,(H,27,30)/t22-/m0/s1. The van der Waals surface area contributed by atoms with E-state index >= 15 is 0 Å². The molecule has 3 aromatic rings. The minimum Gasteiger partial charge on any atom is -0.508 e. The summed E-state index contributed by atoms with van der Waals surface area (Å²) in [6, 6.07) is 16.9. The molecule has 3 aromatic carbocycles. The summed E-state index contributed by atoms with van der Waals surface area (Å²) in [7, 11) is 1.51. The zero-order valence-corrected chi connectivity index (χ0v) is 20.1. The Morgan fingerprint density at radius 3 is 2.73 bits per heavy atom. The van der Waals surface area contributed by atoms with Crippen LogP contribution in [0.4, 0.5) is 5.69 Å². The van der Waals surface area contributed by atoms with E-state index in [2.05, 4.69) is 33.3 Å². The lowest BCUT2D eigenvalue weighted by Gasteiger charge is -2.38. The first-order chi connectivity index (χ1) is 15.9. The van der Waals surface area contributed by atoms with Gasteiger partial charge in [0.05, 0.1) is 24.8 Å². The van der Waals surface area contributed by atoms with Crippen LogP contribution in [0.1, 0.15) is 39.4 Å². The number of ether oxygens (including phenoxy) is 2. The summed E-state index contributed by atoms with van der Waals surface area (Å²) >= 11 is 2.12. The third-order valence-electron chi connectivity index (χ3n) is 5.16. The number of hydrazine groups is 1. The lowest BCUT2D eigenvalue weighted by atomic mass is 10.0. The van der Waals surface area contributed by atoms with Crippen LogP contribution in [0.15, 0.2) is 60.7 Å². The number of benzene rings is 3. The molecule has 8 nitrogen and oxygen atoms in total. The first kappa shape index (κ1) is 22.7. The summed E-state index contributed by atoms with van der Waals surface area (Å²) in [4.78, 5) is 26.7. The van der Waals surface area contributed by atoms with E-state index in [1.165, 1.54) is 18.2 Å². The van der Waals surface area contributed by atoms with Gasteiger partial charge in [-0.25, -0.2) is 5.01 Å². The van der Waals surface area contributed by atoms with Crippen molar-refractivity contribution in [3.8, 4) is 17.2 Å². The third kappa shape index (κ3) is 4.54. The first-order valence-electron chi connectivity index (χ1n) is 10.2. The van der Waals surface area contributed by atoms with Crippen LogP contribution in [0.3, 0.4) is 0 Å². The number of methoxy groups -OCH3 is 1. The topological polar surface area (TPSA) is 100 Å². The summed E-state index contributed by atoms with van der Waals surface area (Å²) in [5, 5.41) is 15.0. The SMILES string of the molecule is CCOc1ccccc1C(=O)NN1C(=O)c2cc(I)ccc2N[C@@H]1c1cc(OC)ccc1O. The highest BCUT2D eigenvalue weighted by atomic mass is 127. The number of nitrogens with one attached hydrogen (secondary N) is 2. The first-order valence-corrected chi connectivity index (χ1v) is 11.3. The number of anilines is 1. The highest BCUT2D eigenvalue weighted by Gasteiger charge is 2.36. The van der Waals surface area contributed by atoms with Crippen molar-refractivity contribution in [2.24, 2.45) is 0 Å². The van der Waals surface area contributed by atoms with Gasteiger partial charge in [0.1, 0.15) is 17.2 Å². The molecule has 33 heavy (non-hydrogen) atoms. The van der Waals surface area contributed by atoms with E-state index in [0.29, 0.717) is 34.9 Å². The zero-order chi connectivity index (χ0) is 23.5. The quantitative estimate of drug-likeness (QED) is 0.390. The molecular weight excluding hydrogens is 537 g/mol. The number of rotatable bonds is 6. The van der Waals surface area contributed by atoms with Crippen LogP contribution in [0.5, 0.6) is 17.2 Å². The van der Waals surface area contributed by atoms with Gasteiger partial charge in [-0.1, -0.05) is 12.1 Å². The van der Waals surface area contributed by atoms with Crippen molar-refractivity contribution in [2.45, 2.75) is 13.1 Å². The largest absolute Gasteiger partial charge is 0.508 e. The number of nitrogens with zero attached hydrogens (tertiary/aromatic N) is 1. The minimum absolute atomic E-state index is 0.0518. The summed E-state index contributed by atoms with van der Waals surface area (Å²) in [5.41, 5.74) is 4.35. The Morgan fingerprint density at radius 1 is 1.18 bits per heavy atom. The van der Waals surface area contributed by atoms with Crippen molar-refractivity contribution >= 4 is 40.1 Å². The Hall–Kier alpha value is -3.47. The van der Waals surface area contributed by atoms with Gasteiger partial charge in [-0.2, -0.15) is 0 Å². The van der Waals surface area contributed by atoms with Gasteiger partial charge >= 0.3 is 0 Å². The molecular formula is C24H22IN3O5. The Morgan fingerprint density at radius 2 is 1.97 bits per heavy atom. The smallest absolute Gasteiger partial charge is 0.276 e. The average Bonchev–Trinajstić information content (AvgIpc) is 2.82. The van der Waals surface area contributed by atoms with Crippen LogP contribution in [0.2, 0.25) is 0 Å². The Kier molecular flexibility index (Phi) is 6.59. The molecule has 1 atom stereocenters. The van der Waals surface area contributed by atoms with Gasteiger partial charge in [-0.05, 0) is 78.0 Å². The molecule has 0 aliphatic carbocycles. The van der Waals surface area contributed by atoms with Crippen LogP contribution in [0.25, 0.3) is 0 Å².